The summed E-state index contributed by atoms with van der Waals surface area (Å²) in [5, 5.41) is 8.74. The van der Waals surface area contributed by atoms with E-state index < -0.39 is 0 Å². The fraction of sp³-hybridized carbons (Fsp3) is 0.562. The summed E-state index contributed by atoms with van der Waals surface area (Å²) in [6.07, 6.45) is 0.563. The molecule has 0 atom stereocenters. The molecule has 1 aromatic carbocycles. The van der Waals surface area contributed by atoms with Gasteiger partial charge in [-0.1, -0.05) is 17.7 Å². The van der Waals surface area contributed by atoms with E-state index in [9.17, 15) is 0 Å². The zero-order valence-electron chi connectivity index (χ0n) is 12.5. The highest BCUT2D eigenvalue weighted by molar-refractivity contribution is 5.37. The fourth-order valence-electron chi connectivity index (χ4n) is 2.38. The first-order valence-corrected chi connectivity index (χ1v) is 6.73. The monoisotopic (exact) mass is 260 g/mol. The number of nitrogens with zero attached hydrogens (tertiary/aromatic N) is 2. The van der Waals surface area contributed by atoms with Crippen LogP contribution in [0.4, 0.5) is 0 Å². The van der Waals surface area contributed by atoms with Gasteiger partial charge in [-0.25, -0.2) is 0 Å². The smallest absolute Gasteiger partial charge is 0.0635 e. The average molecular weight is 260 g/mol. The maximum atomic E-state index is 8.74. The second-order valence-corrected chi connectivity index (χ2v) is 5.05. The van der Waals surface area contributed by atoms with E-state index in [2.05, 4.69) is 43.9 Å². The van der Waals surface area contributed by atoms with E-state index in [1.165, 1.54) is 22.3 Å². The number of aryl methyl sites for hydroxylation is 3. The predicted molar refractivity (Wildman–Crippen MR) is 78.0 cm³/mol. The molecule has 0 aliphatic carbocycles. The standard InChI is InChI=1S/C16H24N2O/c1-13-10-14(2)16(15(3)11-13)12-18(7-5-6-17)8-9-19-4/h10-11H,5,7-9,12H2,1-4H3. The van der Waals surface area contributed by atoms with Crippen LogP contribution in [0, 0.1) is 32.1 Å². The zero-order chi connectivity index (χ0) is 14.3. The second-order valence-electron chi connectivity index (χ2n) is 5.05. The topological polar surface area (TPSA) is 36.3 Å². The van der Waals surface area contributed by atoms with Gasteiger partial charge in [0.05, 0.1) is 12.7 Å². The van der Waals surface area contributed by atoms with Crippen molar-refractivity contribution >= 4 is 0 Å². The zero-order valence-corrected chi connectivity index (χ0v) is 12.5. The van der Waals surface area contributed by atoms with Gasteiger partial charge in [0, 0.05) is 33.2 Å². The average Bonchev–Trinajstić information content (AvgIpc) is 2.35. The number of hydrogen-bond acceptors (Lipinski definition) is 3. The van der Waals surface area contributed by atoms with Gasteiger partial charge in [0.25, 0.3) is 0 Å². The van der Waals surface area contributed by atoms with E-state index in [1.54, 1.807) is 7.11 Å². The van der Waals surface area contributed by atoms with E-state index in [1.807, 2.05) is 0 Å². The van der Waals surface area contributed by atoms with Gasteiger partial charge in [0.1, 0.15) is 0 Å². The minimum Gasteiger partial charge on any atom is -0.383 e. The van der Waals surface area contributed by atoms with Crippen molar-refractivity contribution in [1.82, 2.24) is 4.90 Å². The molecule has 0 aliphatic heterocycles. The van der Waals surface area contributed by atoms with Crippen LogP contribution in [0.15, 0.2) is 12.1 Å². The summed E-state index contributed by atoms with van der Waals surface area (Å²) in [6, 6.07) is 6.66. The maximum absolute atomic E-state index is 8.74. The molecule has 1 aromatic rings. The molecule has 0 fully saturated rings. The van der Waals surface area contributed by atoms with Gasteiger partial charge in [-0.15, -0.1) is 0 Å². The summed E-state index contributed by atoms with van der Waals surface area (Å²) >= 11 is 0. The molecule has 3 nitrogen and oxygen atoms in total. The van der Waals surface area contributed by atoms with E-state index in [0.29, 0.717) is 13.0 Å². The molecule has 0 unspecified atom stereocenters. The highest BCUT2D eigenvalue weighted by Gasteiger charge is 2.10. The van der Waals surface area contributed by atoms with Crippen molar-refractivity contribution < 1.29 is 4.74 Å². The second kappa shape index (κ2) is 7.93. The predicted octanol–water partition coefficient (Wildman–Crippen LogP) is 2.97. The first kappa shape index (κ1) is 15.7. The molecule has 0 heterocycles. The lowest BCUT2D eigenvalue weighted by Gasteiger charge is -2.23. The Bertz CT molecular complexity index is 426. The molecule has 19 heavy (non-hydrogen) atoms. The Morgan fingerprint density at radius 3 is 2.32 bits per heavy atom. The number of ether oxygens (including phenoxy) is 1. The lowest BCUT2D eigenvalue weighted by molar-refractivity contribution is 0.145. The van der Waals surface area contributed by atoms with Crippen LogP contribution in [0.2, 0.25) is 0 Å². The number of nitriles is 1. The highest BCUT2D eigenvalue weighted by atomic mass is 16.5. The number of hydrogen-bond donors (Lipinski definition) is 0. The normalized spacial score (nSPS) is 10.7. The summed E-state index contributed by atoms with van der Waals surface area (Å²) in [5.74, 6) is 0. The Morgan fingerprint density at radius 1 is 1.16 bits per heavy atom. The summed E-state index contributed by atoms with van der Waals surface area (Å²) in [6.45, 7) is 9.71. The summed E-state index contributed by atoms with van der Waals surface area (Å²) < 4.78 is 5.15. The van der Waals surface area contributed by atoms with Crippen LogP contribution in [-0.4, -0.2) is 31.7 Å². The molecule has 3 heteroatoms. The molecular formula is C16H24N2O. The fourth-order valence-corrected chi connectivity index (χ4v) is 2.38. The number of rotatable bonds is 7. The van der Waals surface area contributed by atoms with Crippen LogP contribution >= 0.6 is 0 Å². The first-order chi connectivity index (χ1) is 9.08. The van der Waals surface area contributed by atoms with E-state index in [0.717, 1.165) is 19.6 Å². The molecule has 0 saturated carbocycles. The molecule has 0 radical (unpaired) electrons. The van der Waals surface area contributed by atoms with E-state index >= 15 is 0 Å². The number of benzene rings is 1. The van der Waals surface area contributed by atoms with Gasteiger partial charge in [0.15, 0.2) is 0 Å². The molecule has 0 bridgehead atoms. The summed E-state index contributed by atoms with van der Waals surface area (Å²) in [4.78, 5) is 2.29. The van der Waals surface area contributed by atoms with Gasteiger partial charge in [0.2, 0.25) is 0 Å². The maximum Gasteiger partial charge on any atom is 0.0635 e. The lowest BCUT2D eigenvalue weighted by Crippen LogP contribution is -2.28. The van der Waals surface area contributed by atoms with Crippen molar-refractivity contribution in [2.75, 3.05) is 26.8 Å². The van der Waals surface area contributed by atoms with Crippen LogP contribution in [0.25, 0.3) is 0 Å². The molecule has 0 saturated heterocycles. The van der Waals surface area contributed by atoms with Crippen LogP contribution in [0.3, 0.4) is 0 Å². The first-order valence-electron chi connectivity index (χ1n) is 6.73. The van der Waals surface area contributed by atoms with E-state index in [-0.39, 0.29) is 0 Å². The quantitative estimate of drug-likeness (QED) is 0.756. The summed E-state index contributed by atoms with van der Waals surface area (Å²) in [5.41, 5.74) is 5.34. The van der Waals surface area contributed by atoms with Crippen LogP contribution in [-0.2, 0) is 11.3 Å². The van der Waals surface area contributed by atoms with Crippen molar-refractivity contribution in [2.24, 2.45) is 0 Å². The van der Waals surface area contributed by atoms with E-state index in [4.69, 9.17) is 10.00 Å². The van der Waals surface area contributed by atoms with Crippen molar-refractivity contribution in [3.8, 4) is 6.07 Å². The Labute approximate surface area is 116 Å². The van der Waals surface area contributed by atoms with Gasteiger partial charge in [-0.3, -0.25) is 4.90 Å². The molecule has 104 valence electrons. The SMILES string of the molecule is COCCN(CCC#N)Cc1c(C)cc(C)cc1C. The third-order valence-corrected chi connectivity index (χ3v) is 3.37. The lowest BCUT2D eigenvalue weighted by atomic mass is 9.99. The number of methoxy groups -OCH3 is 1. The minimum atomic E-state index is 0.563. The minimum absolute atomic E-state index is 0.563. The van der Waals surface area contributed by atoms with Gasteiger partial charge in [-0.05, 0) is 37.5 Å². The molecule has 0 spiro atoms. The Morgan fingerprint density at radius 2 is 1.79 bits per heavy atom. The summed E-state index contributed by atoms with van der Waals surface area (Å²) in [7, 11) is 1.71. The third-order valence-electron chi connectivity index (χ3n) is 3.37. The van der Waals surface area contributed by atoms with Crippen molar-refractivity contribution in [1.29, 1.82) is 5.26 Å². The van der Waals surface area contributed by atoms with Crippen LogP contribution < -0.4 is 0 Å². The van der Waals surface area contributed by atoms with Crippen LogP contribution in [0.5, 0.6) is 0 Å². The molecule has 0 aromatic heterocycles. The van der Waals surface area contributed by atoms with Crippen molar-refractivity contribution in [3.05, 3.63) is 34.4 Å². The highest BCUT2D eigenvalue weighted by Crippen LogP contribution is 2.18. The Kier molecular flexibility index (Phi) is 6.55. The Hall–Kier alpha value is -1.37. The van der Waals surface area contributed by atoms with Crippen molar-refractivity contribution in [3.63, 3.8) is 0 Å². The van der Waals surface area contributed by atoms with Gasteiger partial charge >= 0.3 is 0 Å². The Balaban J connectivity index is 2.80. The van der Waals surface area contributed by atoms with Crippen molar-refractivity contribution in [2.45, 2.75) is 33.7 Å². The molecular weight excluding hydrogens is 236 g/mol. The van der Waals surface area contributed by atoms with Crippen LogP contribution in [0.1, 0.15) is 28.7 Å². The van der Waals surface area contributed by atoms with Gasteiger partial charge in [-0.2, -0.15) is 5.26 Å². The van der Waals surface area contributed by atoms with Gasteiger partial charge < -0.3 is 4.74 Å². The third kappa shape index (κ3) is 5.02. The molecule has 1 rings (SSSR count). The molecule has 0 amide bonds. The molecule has 0 N–H and O–H groups in total. The molecule has 0 aliphatic rings. The largest absolute Gasteiger partial charge is 0.383 e.